The molecule has 114 valence electrons. The second-order valence-corrected chi connectivity index (χ2v) is 5.37. The lowest BCUT2D eigenvalue weighted by atomic mass is 9.95. The summed E-state index contributed by atoms with van der Waals surface area (Å²) >= 11 is 6.00. The predicted octanol–water partition coefficient (Wildman–Crippen LogP) is 3.85. The first-order valence-electron chi connectivity index (χ1n) is 6.81. The Hall–Kier alpha value is -2.33. The van der Waals surface area contributed by atoms with Crippen molar-refractivity contribution in [1.82, 2.24) is 0 Å². The van der Waals surface area contributed by atoms with Crippen molar-refractivity contribution in [3.63, 3.8) is 0 Å². The topological polar surface area (TPSA) is 66.4 Å². The van der Waals surface area contributed by atoms with Crippen LogP contribution < -0.4 is 5.32 Å². The first kappa shape index (κ1) is 16.0. The monoisotopic (exact) mass is 317 g/mol. The molecular weight excluding hydrogens is 302 g/mol. The van der Waals surface area contributed by atoms with Gasteiger partial charge in [-0.3, -0.25) is 9.59 Å². The highest BCUT2D eigenvalue weighted by Gasteiger charge is 2.23. The largest absolute Gasteiger partial charge is 0.481 e. The van der Waals surface area contributed by atoms with Gasteiger partial charge in [-0.25, -0.2) is 0 Å². The van der Waals surface area contributed by atoms with Crippen LogP contribution in [0, 0.1) is 6.92 Å². The lowest BCUT2D eigenvalue weighted by Crippen LogP contribution is -2.21. The van der Waals surface area contributed by atoms with Crippen LogP contribution >= 0.6 is 11.6 Å². The van der Waals surface area contributed by atoms with Crippen molar-refractivity contribution in [1.29, 1.82) is 0 Å². The molecule has 0 spiro atoms. The first-order chi connectivity index (χ1) is 10.5. The summed E-state index contributed by atoms with van der Waals surface area (Å²) in [4.78, 5) is 23.6. The van der Waals surface area contributed by atoms with E-state index in [0.717, 1.165) is 5.56 Å². The van der Waals surface area contributed by atoms with Gasteiger partial charge in [0.25, 0.3) is 0 Å². The third kappa shape index (κ3) is 3.86. The van der Waals surface area contributed by atoms with Crippen LogP contribution in [0.2, 0.25) is 5.02 Å². The fourth-order valence-corrected chi connectivity index (χ4v) is 2.34. The van der Waals surface area contributed by atoms with Crippen molar-refractivity contribution in [2.75, 3.05) is 5.32 Å². The van der Waals surface area contributed by atoms with Crippen LogP contribution in [-0.4, -0.2) is 17.0 Å². The maximum absolute atomic E-state index is 12.1. The molecule has 2 aromatic carbocycles. The fraction of sp³-hybridized carbons (Fsp3) is 0.176. The molecular formula is C17H16ClNO3. The predicted molar refractivity (Wildman–Crippen MR) is 86.3 cm³/mol. The second-order valence-electron chi connectivity index (χ2n) is 4.97. The molecule has 0 radical (unpaired) electrons. The van der Waals surface area contributed by atoms with E-state index in [2.05, 4.69) is 5.32 Å². The van der Waals surface area contributed by atoms with Crippen molar-refractivity contribution in [3.05, 3.63) is 64.7 Å². The summed E-state index contributed by atoms with van der Waals surface area (Å²) in [5.41, 5.74) is 1.95. The number of rotatable bonds is 5. The third-order valence-electron chi connectivity index (χ3n) is 3.43. The van der Waals surface area contributed by atoms with Crippen LogP contribution in [0.15, 0.2) is 48.5 Å². The highest BCUT2D eigenvalue weighted by molar-refractivity contribution is 6.31. The fourth-order valence-electron chi connectivity index (χ4n) is 2.16. The lowest BCUT2D eigenvalue weighted by molar-refractivity contribution is -0.140. The molecule has 1 atom stereocenters. The highest BCUT2D eigenvalue weighted by atomic mass is 35.5. The lowest BCUT2D eigenvalue weighted by Gasteiger charge is -2.14. The molecule has 1 amide bonds. The van der Waals surface area contributed by atoms with E-state index in [0.29, 0.717) is 16.3 Å². The summed E-state index contributed by atoms with van der Waals surface area (Å²) in [6.07, 6.45) is -0.134. The van der Waals surface area contributed by atoms with E-state index in [4.69, 9.17) is 11.6 Å². The van der Waals surface area contributed by atoms with Crippen molar-refractivity contribution >= 4 is 29.2 Å². The van der Waals surface area contributed by atoms with Crippen molar-refractivity contribution in [3.8, 4) is 0 Å². The Morgan fingerprint density at radius 2 is 1.82 bits per heavy atom. The Balaban J connectivity index is 2.12. The minimum Gasteiger partial charge on any atom is -0.481 e. The van der Waals surface area contributed by atoms with Crippen LogP contribution in [0.25, 0.3) is 0 Å². The number of nitrogens with one attached hydrogen (secondary N) is 1. The minimum absolute atomic E-state index is 0.134. The van der Waals surface area contributed by atoms with Crippen LogP contribution in [0.1, 0.15) is 23.5 Å². The van der Waals surface area contributed by atoms with E-state index in [1.165, 1.54) is 0 Å². The number of halogens is 1. The van der Waals surface area contributed by atoms with Crippen LogP contribution in [0.3, 0.4) is 0 Å². The molecule has 5 heteroatoms. The second kappa shape index (κ2) is 7.09. The first-order valence-corrected chi connectivity index (χ1v) is 7.19. The number of anilines is 1. The van der Waals surface area contributed by atoms with Crippen LogP contribution in [0.4, 0.5) is 5.69 Å². The summed E-state index contributed by atoms with van der Waals surface area (Å²) in [6, 6.07) is 13.9. The number of hydrogen-bond acceptors (Lipinski definition) is 2. The Morgan fingerprint density at radius 1 is 1.14 bits per heavy atom. The molecule has 22 heavy (non-hydrogen) atoms. The number of carboxylic acids is 1. The molecule has 2 aromatic rings. The van der Waals surface area contributed by atoms with E-state index in [9.17, 15) is 14.7 Å². The molecule has 2 N–H and O–H groups in total. The van der Waals surface area contributed by atoms with Gasteiger partial charge in [0.2, 0.25) is 5.91 Å². The Morgan fingerprint density at radius 3 is 2.45 bits per heavy atom. The van der Waals surface area contributed by atoms with Crippen LogP contribution in [0.5, 0.6) is 0 Å². The molecule has 0 unspecified atom stereocenters. The van der Waals surface area contributed by atoms with E-state index in [1.807, 2.05) is 0 Å². The van der Waals surface area contributed by atoms with Gasteiger partial charge < -0.3 is 10.4 Å². The van der Waals surface area contributed by atoms with E-state index in [-0.39, 0.29) is 12.3 Å². The zero-order chi connectivity index (χ0) is 16.1. The average Bonchev–Trinajstić information content (AvgIpc) is 2.50. The van der Waals surface area contributed by atoms with Gasteiger partial charge in [-0.1, -0.05) is 48.0 Å². The molecule has 0 aliphatic rings. The summed E-state index contributed by atoms with van der Waals surface area (Å²) in [5.74, 6) is -2.26. The molecule has 0 heterocycles. The molecule has 0 bridgehead atoms. The Labute approximate surface area is 133 Å². The van der Waals surface area contributed by atoms with Crippen LogP contribution in [-0.2, 0) is 9.59 Å². The number of carbonyl (C=O) groups excluding carboxylic acids is 1. The molecule has 0 saturated carbocycles. The van der Waals surface area contributed by atoms with Gasteiger partial charge in [0.1, 0.15) is 0 Å². The van der Waals surface area contributed by atoms with Gasteiger partial charge >= 0.3 is 5.97 Å². The highest BCUT2D eigenvalue weighted by Crippen LogP contribution is 2.25. The molecule has 4 nitrogen and oxygen atoms in total. The van der Waals surface area contributed by atoms with Gasteiger partial charge in [0.15, 0.2) is 0 Å². The summed E-state index contributed by atoms with van der Waals surface area (Å²) in [6.45, 7) is 1.80. The maximum Gasteiger partial charge on any atom is 0.311 e. The number of carbonyl (C=O) groups is 2. The smallest absolute Gasteiger partial charge is 0.311 e. The van der Waals surface area contributed by atoms with E-state index in [1.54, 1.807) is 55.5 Å². The SMILES string of the molecule is Cc1c(Cl)cccc1NC(=O)C[C@H](C(=O)O)c1ccccc1. The zero-order valence-electron chi connectivity index (χ0n) is 12.0. The van der Waals surface area contributed by atoms with Gasteiger partial charge in [-0.15, -0.1) is 0 Å². The Bertz CT molecular complexity index is 686. The number of benzene rings is 2. The van der Waals surface area contributed by atoms with Gasteiger partial charge in [-0.2, -0.15) is 0 Å². The minimum atomic E-state index is -1.02. The molecule has 0 aromatic heterocycles. The molecule has 0 saturated heterocycles. The molecule has 0 aliphatic heterocycles. The normalized spacial score (nSPS) is 11.7. The summed E-state index contributed by atoms with van der Waals surface area (Å²) < 4.78 is 0. The van der Waals surface area contributed by atoms with E-state index < -0.39 is 11.9 Å². The average molecular weight is 318 g/mol. The Kier molecular flexibility index (Phi) is 5.17. The standard InChI is InChI=1S/C17H16ClNO3/c1-11-14(18)8-5-9-15(11)19-16(20)10-13(17(21)22)12-6-3-2-4-7-12/h2-9,13H,10H2,1H3,(H,19,20)(H,21,22)/t13-/m0/s1. The third-order valence-corrected chi connectivity index (χ3v) is 3.84. The quantitative estimate of drug-likeness (QED) is 0.880. The number of carboxylic acid groups (broad SMARTS) is 1. The summed E-state index contributed by atoms with van der Waals surface area (Å²) in [5, 5.41) is 12.6. The van der Waals surface area contributed by atoms with Gasteiger partial charge in [-0.05, 0) is 30.2 Å². The molecule has 2 rings (SSSR count). The van der Waals surface area contributed by atoms with Gasteiger partial charge in [0, 0.05) is 17.1 Å². The van der Waals surface area contributed by atoms with Gasteiger partial charge in [0.05, 0.1) is 5.92 Å². The van der Waals surface area contributed by atoms with E-state index >= 15 is 0 Å². The number of amides is 1. The summed E-state index contributed by atoms with van der Waals surface area (Å²) in [7, 11) is 0. The van der Waals surface area contributed by atoms with Crippen molar-refractivity contribution < 1.29 is 14.7 Å². The molecule has 0 fully saturated rings. The number of hydrogen-bond donors (Lipinski definition) is 2. The molecule has 0 aliphatic carbocycles. The van der Waals surface area contributed by atoms with Crippen molar-refractivity contribution in [2.24, 2.45) is 0 Å². The number of aliphatic carboxylic acids is 1. The van der Waals surface area contributed by atoms with Crippen molar-refractivity contribution in [2.45, 2.75) is 19.3 Å². The zero-order valence-corrected chi connectivity index (χ0v) is 12.8. The maximum atomic E-state index is 12.1.